The van der Waals surface area contributed by atoms with Crippen molar-refractivity contribution in [2.24, 2.45) is 0 Å². The summed E-state index contributed by atoms with van der Waals surface area (Å²) in [7, 11) is 0. The minimum Gasteiger partial charge on any atom is -0.286 e. The zero-order valence-corrected chi connectivity index (χ0v) is 11.7. The van der Waals surface area contributed by atoms with Crippen molar-refractivity contribution in [3.8, 4) is 0 Å². The third-order valence-corrected chi connectivity index (χ3v) is 3.26. The number of aryl methyl sites for hydroxylation is 1. The monoisotopic (exact) mass is 255 g/mol. The zero-order chi connectivity index (χ0) is 12.3. The molecular formula is C13H25N3S. The highest BCUT2D eigenvalue weighted by Gasteiger charge is 1.96. The van der Waals surface area contributed by atoms with Gasteiger partial charge in [-0.15, -0.1) is 0 Å². The van der Waals surface area contributed by atoms with Crippen molar-refractivity contribution in [1.82, 2.24) is 15.2 Å². The molecule has 1 heterocycles. The number of aromatic nitrogens is 3. The van der Waals surface area contributed by atoms with Crippen LogP contribution < -0.4 is 0 Å². The third kappa shape index (κ3) is 7.31. The van der Waals surface area contributed by atoms with Gasteiger partial charge in [0.2, 0.25) is 4.77 Å². The first-order valence-electron chi connectivity index (χ1n) is 6.96. The lowest BCUT2D eigenvalue weighted by molar-refractivity contribution is 0.562. The average molecular weight is 255 g/mol. The van der Waals surface area contributed by atoms with E-state index in [1.54, 1.807) is 0 Å². The van der Waals surface area contributed by atoms with Gasteiger partial charge >= 0.3 is 0 Å². The molecule has 0 aromatic carbocycles. The fraction of sp³-hybridized carbons (Fsp3) is 0.846. The summed E-state index contributed by atoms with van der Waals surface area (Å²) in [4.78, 5) is 4.18. The highest BCUT2D eigenvalue weighted by Crippen LogP contribution is 2.10. The number of aromatic amines is 2. The Hall–Kier alpha value is -0.640. The van der Waals surface area contributed by atoms with Crippen LogP contribution in [0.4, 0.5) is 0 Å². The molecule has 0 aliphatic rings. The highest BCUT2D eigenvalue weighted by molar-refractivity contribution is 7.71. The molecule has 0 aliphatic carbocycles. The van der Waals surface area contributed by atoms with Gasteiger partial charge in [-0.05, 0) is 18.6 Å². The normalized spacial score (nSPS) is 10.9. The molecule has 4 heteroatoms. The first kappa shape index (κ1) is 14.4. The van der Waals surface area contributed by atoms with Crippen molar-refractivity contribution in [1.29, 1.82) is 0 Å². The van der Waals surface area contributed by atoms with Crippen LogP contribution in [0.2, 0.25) is 0 Å². The molecule has 0 unspecified atom stereocenters. The quantitative estimate of drug-likeness (QED) is 0.476. The van der Waals surface area contributed by atoms with Gasteiger partial charge in [-0.3, -0.25) is 10.2 Å². The molecule has 0 spiro atoms. The molecule has 1 aromatic rings. The van der Waals surface area contributed by atoms with Gasteiger partial charge in [0.1, 0.15) is 5.82 Å². The van der Waals surface area contributed by atoms with Crippen LogP contribution in [0.1, 0.15) is 70.5 Å². The van der Waals surface area contributed by atoms with Crippen molar-refractivity contribution < 1.29 is 0 Å². The number of nitrogens with zero attached hydrogens (tertiary/aromatic N) is 1. The number of unbranched alkanes of at least 4 members (excludes halogenated alkanes) is 8. The van der Waals surface area contributed by atoms with Crippen LogP contribution in [0.5, 0.6) is 0 Å². The SMILES string of the molecule is CCCCCCCCCCCc1nc(=S)[nH][nH]1. The lowest BCUT2D eigenvalue weighted by Gasteiger charge is -2.00. The summed E-state index contributed by atoms with van der Waals surface area (Å²) in [6, 6.07) is 0. The lowest BCUT2D eigenvalue weighted by atomic mass is 10.1. The molecule has 17 heavy (non-hydrogen) atoms. The van der Waals surface area contributed by atoms with Gasteiger partial charge in [-0.2, -0.15) is 0 Å². The van der Waals surface area contributed by atoms with Crippen molar-refractivity contribution in [2.75, 3.05) is 0 Å². The fourth-order valence-corrected chi connectivity index (χ4v) is 2.19. The number of hydrogen-bond acceptors (Lipinski definition) is 2. The summed E-state index contributed by atoms with van der Waals surface area (Å²) in [5.74, 6) is 0.998. The number of hydrogen-bond donors (Lipinski definition) is 2. The Labute approximate surface area is 109 Å². The van der Waals surface area contributed by atoms with E-state index in [1.807, 2.05) is 0 Å². The molecule has 1 rings (SSSR count). The zero-order valence-electron chi connectivity index (χ0n) is 10.9. The summed E-state index contributed by atoms with van der Waals surface area (Å²) < 4.78 is 0.566. The van der Waals surface area contributed by atoms with Gasteiger partial charge in [0.05, 0.1) is 0 Å². The predicted octanol–water partition coefficient (Wildman–Crippen LogP) is 4.54. The molecule has 0 bridgehead atoms. The summed E-state index contributed by atoms with van der Waals surface area (Å²) in [6.07, 6.45) is 13.3. The molecule has 0 saturated heterocycles. The van der Waals surface area contributed by atoms with E-state index in [-0.39, 0.29) is 0 Å². The Bertz CT molecular complexity index is 329. The van der Waals surface area contributed by atoms with E-state index in [2.05, 4.69) is 22.1 Å². The van der Waals surface area contributed by atoms with Gasteiger partial charge in [-0.25, -0.2) is 4.98 Å². The summed E-state index contributed by atoms with van der Waals surface area (Å²) in [5.41, 5.74) is 0. The van der Waals surface area contributed by atoms with Crippen LogP contribution in [0.15, 0.2) is 0 Å². The minimum absolute atomic E-state index is 0.566. The maximum Gasteiger partial charge on any atom is 0.213 e. The molecular weight excluding hydrogens is 230 g/mol. The van der Waals surface area contributed by atoms with Crippen LogP contribution >= 0.6 is 12.2 Å². The van der Waals surface area contributed by atoms with Crippen LogP contribution in [0.25, 0.3) is 0 Å². The molecule has 0 atom stereocenters. The van der Waals surface area contributed by atoms with Crippen molar-refractivity contribution >= 4 is 12.2 Å². The average Bonchev–Trinajstić information content (AvgIpc) is 2.73. The second-order valence-electron chi connectivity index (χ2n) is 4.69. The van der Waals surface area contributed by atoms with Crippen molar-refractivity contribution in [3.05, 3.63) is 10.6 Å². The van der Waals surface area contributed by atoms with Crippen LogP contribution in [-0.4, -0.2) is 15.2 Å². The molecule has 0 fully saturated rings. The number of H-pyrrole nitrogens is 2. The summed E-state index contributed by atoms with van der Waals surface area (Å²) in [5, 5.41) is 5.82. The minimum atomic E-state index is 0.566. The van der Waals surface area contributed by atoms with Crippen LogP contribution in [0.3, 0.4) is 0 Å². The lowest BCUT2D eigenvalue weighted by Crippen LogP contribution is -1.89. The fourth-order valence-electron chi connectivity index (χ4n) is 2.03. The van der Waals surface area contributed by atoms with E-state index in [0.717, 1.165) is 12.2 Å². The molecule has 0 saturated carbocycles. The molecule has 98 valence electrons. The largest absolute Gasteiger partial charge is 0.286 e. The van der Waals surface area contributed by atoms with E-state index >= 15 is 0 Å². The summed E-state index contributed by atoms with van der Waals surface area (Å²) in [6.45, 7) is 2.26. The molecule has 0 amide bonds. The van der Waals surface area contributed by atoms with E-state index in [1.165, 1.54) is 57.8 Å². The van der Waals surface area contributed by atoms with E-state index in [0.29, 0.717) is 4.77 Å². The van der Waals surface area contributed by atoms with E-state index in [9.17, 15) is 0 Å². The smallest absolute Gasteiger partial charge is 0.213 e. The van der Waals surface area contributed by atoms with Crippen LogP contribution in [-0.2, 0) is 6.42 Å². The molecule has 0 radical (unpaired) electrons. The maximum atomic E-state index is 4.91. The molecule has 3 nitrogen and oxygen atoms in total. The first-order valence-corrected chi connectivity index (χ1v) is 7.37. The third-order valence-electron chi connectivity index (χ3n) is 3.07. The second-order valence-corrected chi connectivity index (χ2v) is 5.08. The molecule has 2 N–H and O–H groups in total. The Morgan fingerprint density at radius 1 is 0.882 bits per heavy atom. The topological polar surface area (TPSA) is 44.5 Å². The highest BCUT2D eigenvalue weighted by atomic mass is 32.1. The molecule has 0 aliphatic heterocycles. The molecule has 1 aromatic heterocycles. The Morgan fingerprint density at radius 2 is 1.47 bits per heavy atom. The van der Waals surface area contributed by atoms with Gasteiger partial charge in [-0.1, -0.05) is 58.3 Å². The van der Waals surface area contributed by atoms with Gasteiger partial charge in [0.25, 0.3) is 0 Å². The standard InChI is InChI=1S/C13H25N3S/c1-2-3-4-5-6-7-8-9-10-11-12-14-13(17)16-15-12/h2-11H2,1H3,(H2,14,15,16,17). The van der Waals surface area contributed by atoms with Gasteiger partial charge in [0, 0.05) is 6.42 Å². The first-order chi connectivity index (χ1) is 8.33. The van der Waals surface area contributed by atoms with E-state index in [4.69, 9.17) is 12.2 Å². The van der Waals surface area contributed by atoms with Crippen LogP contribution in [0, 0.1) is 4.77 Å². The summed E-state index contributed by atoms with van der Waals surface area (Å²) >= 11 is 4.91. The Kier molecular flexibility index (Phi) is 7.97. The Balaban J connectivity index is 1.86. The Morgan fingerprint density at radius 3 is 2.00 bits per heavy atom. The van der Waals surface area contributed by atoms with Gasteiger partial charge in [0.15, 0.2) is 0 Å². The van der Waals surface area contributed by atoms with Crippen molar-refractivity contribution in [2.45, 2.75) is 71.1 Å². The number of rotatable bonds is 10. The maximum absolute atomic E-state index is 4.91. The van der Waals surface area contributed by atoms with Crippen molar-refractivity contribution in [3.63, 3.8) is 0 Å². The predicted molar refractivity (Wildman–Crippen MR) is 74.7 cm³/mol. The second kappa shape index (κ2) is 9.40. The van der Waals surface area contributed by atoms with Gasteiger partial charge < -0.3 is 0 Å². The van der Waals surface area contributed by atoms with E-state index < -0.39 is 0 Å². The number of nitrogens with one attached hydrogen (secondary N) is 2.